The number of hydrogen-bond acceptors (Lipinski definition) is 4. The average Bonchev–Trinajstić information content (AvgIpc) is 2.73. The van der Waals surface area contributed by atoms with Gasteiger partial charge in [0.15, 0.2) is 5.82 Å². The van der Waals surface area contributed by atoms with Crippen LogP contribution in [0.25, 0.3) is 22.3 Å². The van der Waals surface area contributed by atoms with Crippen LogP contribution in [0, 0.1) is 6.92 Å². The van der Waals surface area contributed by atoms with Crippen molar-refractivity contribution in [3.05, 3.63) is 83.9 Å². The van der Waals surface area contributed by atoms with Crippen LogP contribution < -0.4 is 10.6 Å². The zero-order valence-corrected chi connectivity index (χ0v) is 15.7. The predicted molar refractivity (Wildman–Crippen MR) is 114 cm³/mol. The van der Waals surface area contributed by atoms with Crippen LogP contribution in [-0.2, 0) is 0 Å². The van der Waals surface area contributed by atoms with Gasteiger partial charge < -0.3 is 10.6 Å². The minimum absolute atomic E-state index is 0.151. The molecule has 0 radical (unpaired) electrons. The third-order valence-corrected chi connectivity index (χ3v) is 4.61. The first kappa shape index (κ1) is 17.7. The van der Waals surface area contributed by atoms with Gasteiger partial charge in [-0.1, -0.05) is 42.5 Å². The molecule has 0 atom stereocenters. The van der Waals surface area contributed by atoms with E-state index in [-0.39, 0.29) is 5.91 Å². The highest BCUT2D eigenvalue weighted by Crippen LogP contribution is 2.28. The molecule has 0 aliphatic carbocycles. The summed E-state index contributed by atoms with van der Waals surface area (Å²) in [5, 5.41) is 6.99. The van der Waals surface area contributed by atoms with E-state index in [0.29, 0.717) is 17.1 Å². The summed E-state index contributed by atoms with van der Waals surface area (Å²) in [4.78, 5) is 21.9. The first-order chi connectivity index (χ1) is 13.7. The van der Waals surface area contributed by atoms with E-state index in [1.54, 1.807) is 12.1 Å². The molecule has 28 heavy (non-hydrogen) atoms. The Morgan fingerprint density at radius 1 is 0.893 bits per heavy atom. The Bertz CT molecular complexity index is 1160. The lowest BCUT2D eigenvalue weighted by molar-refractivity contribution is 0.102. The lowest BCUT2D eigenvalue weighted by Gasteiger charge is -2.11. The van der Waals surface area contributed by atoms with Gasteiger partial charge in [0.25, 0.3) is 5.91 Å². The van der Waals surface area contributed by atoms with Gasteiger partial charge in [-0.05, 0) is 42.8 Å². The van der Waals surface area contributed by atoms with Crippen molar-refractivity contribution in [3.8, 4) is 11.4 Å². The monoisotopic (exact) mass is 368 g/mol. The molecule has 4 rings (SSSR count). The van der Waals surface area contributed by atoms with Crippen molar-refractivity contribution >= 4 is 28.3 Å². The summed E-state index contributed by atoms with van der Waals surface area (Å²) < 4.78 is 0. The number of benzene rings is 3. The van der Waals surface area contributed by atoms with Gasteiger partial charge in [0.05, 0.1) is 5.52 Å². The second-order valence-corrected chi connectivity index (χ2v) is 6.51. The number of rotatable bonds is 4. The molecule has 5 nitrogen and oxygen atoms in total. The molecule has 0 saturated heterocycles. The molecule has 0 fully saturated rings. The number of carbonyl (C=O) groups is 1. The maximum Gasteiger partial charge on any atom is 0.255 e. The third-order valence-electron chi connectivity index (χ3n) is 4.61. The first-order valence-electron chi connectivity index (χ1n) is 9.07. The first-order valence-corrected chi connectivity index (χ1v) is 9.07. The number of amides is 1. The molecule has 4 aromatic rings. The van der Waals surface area contributed by atoms with E-state index >= 15 is 0 Å². The number of hydrogen-bond donors (Lipinski definition) is 2. The highest BCUT2D eigenvalue weighted by atomic mass is 16.1. The van der Waals surface area contributed by atoms with Gasteiger partial charge in [0.1, 0.15) is 5.82 Å². The van der Waals surface area contributed by atoms with Crippen LogP contribution in [0.5, 0.6) is 0 Å². The Kier molecular flexibility index (Phi) is 4.72. The van der Waals surface area contributed by atoms with Crippen LogP contribution in [0.4, 0.5) is 11.5 Å². The van der Waals surface area contributed by atoms with Crippen LogP contribution in [0.15, 0.2) is 72.8 Å². The molecule has 3 aromatic carbocycles. The minimum Gasteiger partial charge on any atom is -0.373 e. The molecule has 0 spiro atoms. The molecule has 138 valence electrons. The van der Waals surface area contributed by atoms with Crippen LogP contribution in [0.1, 0.15) is 15.9 Å². The van der Waals surface area contributed by atoms with E-state index in [2.05, 4.69) is 15.6 Å². The maximum absolute atomic E-state index is 12.5. The molecule has 0 bridgehead atoms. The van der Waals surface area contributed by atoms with Crippen LogP contribution in [0.2, 0.25) is 0 Å². The van der Waals surface area contributed by atoms with Gasteiger partial charge in [0, 0.05) is 29.2 Å². The minimum atomic E-state index is -0.151. The van der Waals surface area contributed by atoms with E-state index in [0.717, 1.165) is 27.8 Å². The summed E-state index contributed by atoms with van der Waals surface area (Å²) >= 11 is 0. The Labute approximate surface area is 163 Å². The number of aryl methyl sites for hydroxylation is 1. The van der Waals surface area contributed by atoms with E-state index in [1.807, 2.05) is 74.6 Å². The topological polar surface area (TPSA) is 66.9 Å². The van der Waals surface area contributed by atoms with Gasteiger partial charge in [0.2, 0.25) is 0 Å². The van der Waals surface area contributed by atoms with Crippen molar-refractivity contribution < 1.29 is 4.79 Å². The number of nitrogens with zero attached hydrogens (tertiary/aromatic N) is 2. The van der Waals surface area contributed by atoms with Crippen molar-refractivity contribution in [2.45, 2.75) is 6.92 Å². The SMILES string of the molecule is CNc1nc(-c2ccccc2C)nc2cc(NC(=O)c3ccccc3)ccc12. The summed E-state index contributed by atoms with van der Waals surface area (Å²) in [5.74, 6) is 1.26. The quantitative estimate of drug-likeness (QED) is 0.538. The summed E-state index contributed by atoms with van der Waals surface area (Å²) in [6.45, 7) is 2.04. The number of fused-ring (bicyclic) bond motifs is 1. The standard InChI is InChI=1S/C23H20N4O/c1-15-8-6-7-11-18(15)22-26-20-14-17(12-13-19(20)21(24-2)27-22)25-23(28)16-9-4-3-5-10-16/h3-14H,1-2H3,(H,25,28)(H,24,26,27). The zero-order valence-electron chi connectivity index (χ0n) is 15.7. The van der Waals surface area contributed by atoms with Gasteiger partial charge in [-0.3, -0.25) is 4.79 Å². The molecule has 0 aliphatic heterocycles. The highest BCUT2D eigenvalue weighted by Gasteiger charge is 2.12. The molecule has 0 saturated carbocycles. The smallest absolute Gasteiger partial charge is 0.255 e. The van der Waals surface area contributed by atoms with Crippen LogP contribution in [0.3, 0.4) is 0 Å². The number of carbonyl (C=O) groups excluding carboxylic acids is 1. The summed E-state index contributed by atoms with van der Waals surface area (Å²) in [6, 6.07) is 22.8. The van der Waals surface area contributed by atoms with Crippen molar-refractivity contribution in [1.29, 1.82) is 0 Å². The lowest BCUT2D eigenvalue weighted by atomic mass is 10.1. The van der Waals surface area contributed by atoms with Crippen molar-refractivity contribution in [1.82, 2.24) is 9.97 Å². The highest BCUT2D eigenvalue weighted by molar-refractivity contribution is 6.05. The molecule has 1 amide bonds. The average molecular weight is 368 g/mol. The Hall–Kier alpha value is -3.73. The molecule has 1 heterocycles. The fourth-order valence-electron chi connectivity index (χ4n) is 3.13. The second kappa shape index (κ2) is 7.48. The van der Waals surface area contributed by atoms with E-state index < -0.39 is 0 Å². The van der Waals surface area contributed by atoms with Crippen molar-refractivity contribution in [3.63, 3.8) is 0 Å². The normalized spacial score (nSPS) is 10.6. The number of nitrogens with one attached hydrogen (secondary N) is 2. The van der Waals surface area contributed by atoms with Gasteiger partial charge in [-0.15, -0.1) is 0 Å². The van der Waals surface area contributed by atoms with Crippen molar-refractivity contribution in [2.75, 3.05) is 17.7 Å². The summed E-state index contributed by atoms with van der Waals surface area (Å²) in [5.41, 5.74) is 4.17. The third kappa shape index (κ3) is 3.42. The molecular weight excluding hydrogens is 348 g/mol. The maximum atomic E-state index is 12.5. The molecule has 2 N–H and O–H groups in total. The van der Waals surface area contributed by atoms with Gasteiger partial charge in [-0.25, -0.2) is 9.97 Å². The molecule has 0 unspecified atom stereocenters. The van der Waals surface area contributed by atoms with Gasteiger partial charge >= 0.3 is 0 Å². The number of anilines is 2. The molecule has 1 aromatic heterocycles. The molecule has 5 heteroatoms. The lowest BCUT2D eigenvalue weighted by Crippen LogP contribution is -2.11. The largest absolute Gasteiger partial charge is 0.373 e. The van der Waals surface area contributed by atoms with Crippen LogP contribution >= 0.6 is 0 Å². The van der Waals surface area contributed by atoms with E-state index in [1.165, 1.54) is 0 Å². The molecule has 0 aliphatic rings. The Morgan fingerprint density at radius 3 is 2.39 bits per heavy atom. The predicted octanol–water partition coefficient (Wildman–Crippen LogP) is 4.90. The number of aromatic nitrogens is 2. The molecular formula is C23H20N4O. The van der Waals surface area contributed by atoms with Crippen molar-refractivity contribution in [2.24, 2.45) is 0 Å². The fourth-order valence-corrected chi connectivity index (χ4v) is 3.13. The van der Waals surface area contributed by atoms with Gasteiger partial charge in [-0.2, -0.15) is 0 Å². The van der Waals surface area contributed by atoms with E-state index in [9.17, 15) is 4.79 Å². The zero-order chi connectivity index (χ0) is 19.5. The van der Waals surface area contributed by atoms with Crippen LogP contribution in [-0.4, -0.2) is 22.9 Å². The second-order valence-electron chi connectivity index (χ2n) is 6.51. The summed E-state index contributed by atoms with van der Waals surface area (Å²) in [7, 11) is 1.84. The summed E-state index contributed by atoms with van der Waals surface area (Å²) in [6.07, 6.45) is 0. The Balaban J connectivity index is 1.76. The van der Waals surface area contributed by atoms with E-state index in [4.69, 9.17) is 4.98 Å². The Morgan fingerprint density at radius 2 is 1.64 bits per heavy atom. The fraction of sp³-hybridized carbons (Fsp3) is 0.0870.